The summed E-state index contributed by atoms with van der Waals surface area (Å²) >= 11 is 0. The quantitative estimate of drug-likeness (QED) is 0.433. The molecule has 0 saturated heterocycles. The Bertz CT molecular complexity index is 689. The van der Waals surface area contributed by atoms with Crippen molar-refractivity contribution < 1.29 is 22.3 Å². The largest absolute Gasteiger partial charge is 0.432 e. The van der Waals surface area contributed by atoms with Crippen LogP contribution in [0.5, 0.6) is 5.75 Å². The van der Waals surface area contributed by atoms with Gasteiger partial charge in [-0.05, 0) is 82.0 Å². The van der Waals surface area contributed by atoms with Gasteiger partial charge in [-0.3, -0.25) is 0 Å². The summed E-state index contributed by atoms with van der Waals surface area (Å²) in [5.74, 6) is -0.00392. The fourth-order valence-corrected chi connectivity index (χ4v) is 6.36. The monoisotopic (exact) mass is 426 g/mol. The summed E-state index contributed by atoms with van der Waals surface area (Å²) in [5.41, 5.74) is -0.186. The molecule has 0 amide bonds. The number of halogens is 4. The molecule has 0 aliphatic heterocycles. The first-order valence-electron chi connectivity index (χ1n) is 11.9. The summed E-state index contributed by atoms with van der Waals surface area (Å²) in [6.07, 6.45) is 9.79. The normalized spacial score (nSPS) is 31.1. The Balaban J connectivity index is 1.27. The molecule has 3 aliphatic rings. The molecule has 3 fully saturated rings. The zero-order valence-corrected chi connectivity index (χ0v) is 17.9. The topological polar surface area (TPSA) is 9.23 Å². The van der Waals surface area contributed by atoms with Crippen molar-refractivity contribution in [3.8, 4) is 5.75 Å². The molecule has 0 heterocycles. The Kier molecular flexibility index (Phi) is 6.64. The van der Waals surface area contributed by atoms with E-state index in [4.69, 9.17) is 4.74 Å². The Morgan fingerprint density at radius 3 is 1.57 bits per heavy atom. The molecule has 30 heavy (non-hydrogen) atoms. The summed E-state index contributed by atoms with van der Waals surface area (Å²) in [5, 5.41) is 0. The molecule has 0 unspecified atom stereocenters. The van der Waals surface area contributed by atoms with Gasteiger partial charge in [0.25, 0.3) is 0 Å². The third-order valence-corrected chi connectivity index (χ3v) is 8.31. The molecule has 4 rings (SSSR count). The molecule has 1 nitrogen and oxygen atoms in total. The molecule has 0 atom stereocenters. The van der Waals surface area contributed by atoms with Gasteiger partial charge in [0.15, 0.2) is 0 Å². The third-order valence-electron chi connectivity index (χ3n) is 8.31. The van der Waals surface area contributed by atoms with E-state index in [-0.39, 0.29) is 5.56 Å². The molecule has 0 N–H and O–H groups in total. The molecular weight excluding hydrogens is 392 g/mol. The summed E-state index contributed by atoms with van der Waals surface area (Å²) in [6, 6.07) is 1.70. The van der Waals surface area contributed by atoms with E-state index in [9.17, 15) is 17.6 Å². The molecule has 3 saturated carbocycles. The predicted octanol–water partition coefficient (Wildman–Crippen LogP) is 8.05. The molecule has 5 heteroatoms. The Hall–Kier alpha value is -1.26. The van der Waals surface area contributed by atoms with Crippen molar-refractivity contribution in [1.29, 1.82) is 0 Å². The number of rotatable bonds is 5. The maximum absolute atomic E-state index is 14.7. The lowest BCUT2D eigenvalue weighted by Gasteiger charge is -2.40. The lowest BCUT2D eigenvalue weighted by atomic mass is 9.67. The van der Waals surface area contributed by atoms with E-state index in [2.05, 4.69) is 0 Å². The minimum Gasteiger partial charge on any atom is -0.432 e. The van der Waals surface area contributed by atoms with Crippen LogP contribution in [0.3, 0.4) is 0 Å². The first-order chi connectivity index (χ1) is 14.3. The van der Waals surface area contributed by atoms with Gasteiger partial charge in [-0.2, -0.15) is 8.78 Å². The van der Waals surface area contributed by atoms with Crippen LogP contribution in [0.25, 0.3) is 0 Å². The van der Waals surface area contributed by atoms with E-state index in [0.29, 0.717) is 24.7 Å². The minimum absolute atomic E-state index is 0.186. The van der Waals surface area contributed by atoms with Gasteiger partial charge < -0.3 is 4.74 Å². The molecule has 1 aromatic rings. The molecule has 0 spiro atoms. The molecule has 168 valence electrons. The van der Waals surface area contributed by atoms with Crippen molar-refractivity contribution in [3.05, 3.63) is 29.3 Å². The van der Waals surface area contributed by atoms with Gasteiger partial charge in [-0.1, -0.05) is 25.7 Å². The zero-order valence-electron chi connectivity index (χ0n) is 17.9. The van der Waals surface area contributed by atoms with Crippen molar-refractivity contribution in [2.24, 2.45) is 29.6 Å². The summed E-state index contributed by atoms with van der Waals surface area (Å²) in [7, 11) is 0. The molecular formula is C25H34F4O. The van der Waals surface area contributed by atoms with Gasteiger partial charge in [0.05, 0.1) is 5.92 Å². The van der Waals surface area contributed by atoms with E-state index < -0.39 is 29.4 Å². The SMILES string of the molecule is Cc1c(F)cc(OC(F)(F)C2CCC(C3CCC(C4CCCC4)CC3)CC2)cc1F. The second-order valence-electron chi connectivity index (χ2n) is 10.0. The molecule has 0 aromatic heterocycles. The molecule has 0 radical (unpaired) electrons. The Morgan fingerprint density at radius 1 is 0.700 bits per heavy atom. The van der Waals surface area contributed by atoms with E-state index >= 15 is 0 Å². The van der Waals surface area contributed by atoms with Gasteiger partial charge in [0.1, 0.15) is 17.4 Å². The molecule has 0 bridgehead atoms. The van der Waals surface area contributed by atoms with Crippen molar-refractivity contribution in [1.82, 2.24) is 0 Å². The van der Waals surface area contributed by atoms with E-state index in [0.717, 1.165) is 36.8 Å². The van der Waals surface area contributed by atoms with Gasteiger partial charge in [-0.25, -0.2) is 8.78 Å². The van der Waals surface area contributed by atoms with Crippen LogP contribution < -0.4 is 4.74 Å². The summed E-state index contributed by atoms with van der Waals surface area (Å²) in [6.45, 7) is 1.27. The van der Waals surface area contributed by atoms with E-state index in [1.165, 1.54) is 58.3 Å². The second-order valence-corrected chi connectivity index (χ2v) is 10.0. The summed E-state index contributed by atoms with van der Waals surface area (Å²) in [4.78, 5) is 0. The van der Waals surface area contributed by atoms with Crippen LogP contribution in [0, 0.1) is 48.1 Å². The first kappa shape index (κ1) is 22.0. The van der Waals surface area contributed by atoms with Gasteiger partial charge in [-0.15, -0.1) is 0 Å². The number of hydrogen-bond donors (Lipinski definition) is 0. The fraction of sp³-hybridized carbons (Fsp3) is 0.760. The van der Waals surface area contributed by atoms with E-state index in [1.54, 1.807) is 0 Å². The van der Waals surface area contributed by atoms with Crippen LogP contribution in [0.15, 0.2) is 12.1 Å². The highest BCUT2D eigenvalue weighted by molar-refractivity contribution is 5.30. The third kappa shape index (κ3) is 4.80. The number of hydrogen-bond acceptors (Lipinski definition) is 1. The molecule has 3 aliphatic carbocycles. The van der Waals surface area contributed by atoms with E-state index in [1.807, 2.05) is 0 Å². The van der Waals surface area contributed by atoms with Crippen molar-refractivity contribution in [3.63, 3.8) is 0 Å². The average molecular weight is 427 g/mol. The first-order valence-corrected chi connectivity index (χ1v) is 11.9. The standard InChI is InChI=1S/C25H34F4O/c1-16-23(26)14-22(15-24(16)27)30-25(28,29)21-12-10-20(11-13-21)19-8-6-18(7-9-19)17-4-2-3-5-17/h14-15,17-21H,2-13H2,1H3. The highest BCUT2D eigenvalue weighted by Crippen LogP contribution is 2.47. The smallest absolute Gasteiger partial charge is 0.400 e. The maximum Gasteiger partial charge on any atom is 0.400 e. The number of benzene rings is 1. The lowest BCUT2D eigenvalue weighted by Crippen LogP contribution is -2.38. The highest BCUT2D eigenvalue weighted by atomic mass is 19.3. The highest BCUT2D eigenvalue weighted by Gasteiger charge is 2.45. The van der Waals surface area contributed by atoms with Gasteiger partial charge >= 0.3 is 6.11 Å². The van der Waals surface area contributed by atoms with Crippen LogP contribution in [0.1, 0.15) is 82.6 Å². The molecule has 1 aromatic carbocycles. The number of alkyl halides is 2. The van der Waals surface area contributed by atoms with Crippen LogP contribution in [-0.4, -0.2) is 6.11 Å². The number of ether oxygens (including phenoxy) is 1. The second kappa shape index (κ2) is 9.08. The van der Waals surface area contributed by atoms with Crippen LogP contribution in [0.4, 0.5) is 17.6 Å². The maximum atomic E-state index is 14.7. The van der Waals surface area contributed by atoms with Crippen LogP contribution >= 0.6 is 0 Å². The van der Waals surface area contributed by atoms with Gasteiger partial charge in [0, 0.05) is 17.7 Å². The zero-order chi connectivity index (χ0) is 21.3. The minimum atomic E-state index is -3.40. The van der Waals surface area contributed by atoms with Crippen LogP contribution in [0.2, 0.25) is 0 Å². The van der Waals surface area contributed by atoms with Gasteiger partial charge in [0.2, 0.25) is 0 Å². The van der Waals surface area contributed by atoms with Crippen molar-refractivity contribution in [2.75, 3.05) is 0 Å². The van der Waals surface area contributed by atoms with Crippen molar-refractivity contribution >= 4 is 0 Å². The fourth-order valence-electron chi connectivity index (χ4n) is 6.36. The van der Waals surface area contributed by atoms with Crippen LogP contribution in [-0.2, 0) is 0 Å². The van der Waals surface area contributed by atoms with Crippen molar-refractivity contribution in [2.45, 2.75) is 90.1 Å². The Morgan fingerprint density at radius 2 is 1.10 bits per heavy atom. The average Bonchev–Trinajstić information content (AvgIpc) is 3.27. The Labute approximate surface area is 177 Å². The lowest BCUT2D eigenvalue weighted by molar-refractivity contribution is -0.224. The summed E-state index contributed by atoms with van der Waals surface area (Å²) < 4.78 is 61.5. The predicted molar refractivity (Wildman–Crippen MR) is 110 cm³/mol.